The zero-order chi connectivity index (χ0) is 27.6. The molecule has 2 N–H and O–H groups in total. The SMILES string of the molecule is COCc1cc(C)[nH]c(=O)c1CNC(=O)c1cc(-c2ccc(CN(C)C)cc2)cc2c1c(Cl)cn2C(C)C. The molecule has 0 aliphatic carbocycles. The molecule has 0 radical (unpaired) electrons. The fourth-order valence-electron chi connectivity index (χ4n) is 4.81. The van der Waals surface area contributed by atoms with Crippen LogP contribution < -0.4 is 10.9 Å². The number of hydrogen-bond donors (Lipinski definition) is 2. The summed E-state index contributed by atoms with van der Waals surface area (Å²) in [6.45, 7) is 7.18. The molecule has 0 aliphatic rings. The van der Waals surface area contributed by atoms with Crippen LogP contribution in [0.5, 0.6) is 0 Å². The fraction of sp³-hybridized carbons (Fsp3) is 0.333. The predicted molar refractivity (Wildman–Crippen MR) is 154 cm³/mol. The van der Waals surface area contributed by atoms with Crippen LogP contribution in [0.3, 0.4) is 0 Å². The maximum Gasteiger partial charge on any atom is 0.253 e. The van der Waals surface area contributed by atoms with Crippen LogP contribution >= 0.6 is 11.6 Å². The summed E-state index contributed by atoms with van der Waals surface area (Å²) in [5.74, 6) is -0.298. The van der Waals surface area contributed by atoms with Crippen molar-refractivity contribution >= 4 is 28.4 Å². The third kappa shape index (κ3) is 5.85. The highest BCUT2D eigenvalue weighted by molar-refractivity contribution is 6.37. The lowest BCUT2D eigenvalue weighted by molar-refractivity contribution is 0.0952. The first-order valence-corrected chi connectivity index (χ1v) is 13.0. The van der Waals surface area contributed by atoms with E-state index in [1.54, 1.807) is 7.11 Å². The number of aryl methyl sites for hydroxylation is 1. The number of benzene rings is 2. The molecule has 1 amide bonds. The van der Waals surface area contributed by atoms with Gasteiger partial charge in [-0.25, -0.2) is 0 Å². The number of ether oxygens (including phenoxy) is 1. The van der Waals surface area contributed by atoms with Crippen molar-refractivity contribution in [1.29, 1.82) is 0 Å². The summed E-state index contributed by atoms with van der Waals surface area (Å²) in [7, 11) is 5.66. The molecule has 0 saturated heterocycles. The Kier molecular flexibility index (Phi) is 8.41. The summed E-state index contributed by atoms with van der Waals surface area (Å²) in [4.78, 5) is 31.3. The number of aromatic nitrogens is 2. The van der Waals surface area contributed by atoms with Gasteiger partial charge in [-0.05, 0) is 75.3 Å². The van der Waals surface area contributed by atoms with Gasteiger partial charge in [0.05, 0.1) is 22.7 Å². The van der Waals surface area contributed by atoms with E-state index in [9.17, 15) is 9.59 Å². The molecule has 38 heavy (non-hydrogen) atoms. The summed E-state index contributed by atoms with van der Waals surface area (Å²) in [5, 5.41) is 4.16. The van der Waals surface area contributed by atoms with Gasteiger partial charge >= 0.3 is 0 Å². The molecule has 7 nitrogen and oxygen atoms in total. The average Bonchev–Trinajstić information content (AvgIpc) is 3.19. The number of nitrogens with one attached hydrogen (secondary N) is 2. The van der Waals surface area contributed by atoms with Gasteiger partial charge in [-0.3, -0.25) is 9.59 Å². The van der Waals surface area contributed by atoms with Gasteiger partial charge in [0.25, 0.3) is 11.5 Å². The predicted octanol–water partition coefficient (Wildman–Crippen LogP) is 5.68. The number of nitrogens with zero attached hydrogens (tertiary/aromatic N) is 2. The first-order valence-electron chi connectivity index (χ1n) is 12.7. The number of pyridine rings is 1. The molecule has 0 saturated carbocycles. The van der Waals surface area contributed by atoms with E-state index < -0.39 is 0 Å². The second-order valence-corrected chi connectivity index (χ2v) is 10.6. The highest BCUT2D eigenvalue weighted by atomic mass is 35.5. The molecule has 0 atom stereocenters. The van der Waals surface area contributed by atoms with Gasteiger partial charge in [-0.1, -0.05) is 35.9 Å². The maximum atomic E-state index is 13.6. The first kappa shape index (κ1) is 27.6. The summed E-state index contributed by atoms with van der Waals surface area (Å²) >= 11 is 6.69. The van der Waals surface area contributed by atoms with E-state index in [0.717, 1.165) is 34.4 Å². The summed E-state index contributed by atoms with van der Waals surface area (Å²) in [6, 6.07) is 14.4. The minimum atomic E-state index is -0.298. The second-order valence-electron chi connectivity index (χ2n) is 10.2. The Morgan fingerprint density at radius 3 is 2.47 bits per heavy atom. The third-order valence-electron chi connectivity index (χ3n) is 6.56. The topological polar surface area (TPSA) is 79.4 Å². The number of hydrogen-bond acceptors (Lipinski definition) is 4. The van der Waals surface area contributed by atoms with Crippen LogP contribution in [-0.2, 0) is 24.4 Å². The number of amides is 1. The Bertz CT molecular complexity index is 1520. The van der Waals surface area contributed by atoms with Gasteiger partial charge in [0.15, 0.2) is 0 Å². The number of aromatic amines is 1. The summed E-state index contributed by atoms with van der Waals surface area (Å²) < 4.78 is 7.36. The van der Waals surface area contributed by atoms with Gasteiger partial charge in [0.2, 0.25) is 0 Å². The zero-order valence-corrected chi connectivity index (χ0v) is 23.6. The van der Waals surface area contributed by atoms with E-state index in [1.807, 2.05) is 39.3 Å². The molecule has 0 bridgehead atoms. The monoisotopic (exact) mass is 534 g/mol. The number of rotatable bonds is 9. The van der Waals surface area contributed by atoms with E-state index in [4.69, 9.17) is 16.3 Å². The van der Waals surface area contributed by atoms with Gasteiger partial charge in [-0.2, -0.15) is 0 Å². The molecule has 2 aromatic carbocycles. The summed E-state index contributed by atoms with van der Waals surface area (Å²) in [6.07, 6.45) is 1.87. The minimum absolute atomic E-state index is 0.0700. The van der Waals surface area contributed by atoms with Crippen LogP contribution in [0.4, 0.5) is 0 Å². The van der Waals surface area contributed by atoms with Gasteiger partial charge in [0, 0.05) is 49.1 Å². The Balaban J connectivity index is 1.76. The standard InChI is InChI=1S/C30H35ClN4O3/c1-18(2)35-16-26(31)28-24(29(36)32-14-25-23(17-38-6)11-19(3)33-30(25)37)12-22(13-27(28)35)21-9-7-20(8-10-21)15-34(4)5/h7-13,16,18H,14-15,17H2,1-6H3,(H,32,36)(H,33,37). The third-order valence-corrected chi connectivity index (χ3v) is 6.85. The highest BCUT2D eigenvalue weighted by Gasteiger charge is 2.20. The van der Waals surface area contributed by atoms with Gasteiger partial charge in [0.1, 0.15) is 0 Å². The van der Waals surface area contributed by atoms with Crippen molar-refractivity contribution in [2.45, 2.75) is 46.5 Å². The Morgan fingerprint density at radius 1 is 1.13 bits per heavy atom. The molecule has 0 unspecified atom stereocenters. The highest BCUT2D eigenvalue weighted by Crippen LogP contribution is 2.35. The van der Waals surface area contributed by atoms with Crippen molar-refractivity contribution in [3.63, 3.8) is 0 Å². The first-order chi connectivity index (χ1) is 18.1. The Labute approximate surface area is 228 Å². The smallest absolute Gasteiger partial charge is 0.253 e. The number of fused-ring (bicyclic) bond motifs is 1. The lowest BCUT2D eigenvalue weighted by Gasteiger charge is -2.15. The lowest BCUT2D eigenvalue weighted by Crippen LogP contribution is -2.28. The maximum absolute atomic E-state index is 13.6. The van der Waals surface area contributed by atoms with Crippen LogP contribution in [0.15, 0.2) is 53.5 Å². The molecule has 0 fully saturated rings. The van der Waals surface area contributed by atoms with E-state index in [1.165, 1.54) is 5.56 Å². The average molecular weight is 535 g/mol. The van der Waals surface area contributed by atoms with Gasteiger partial charge < -0.3 is 24.5 Å². The second kappa shape index (κ2) is 11.6. The normalized spacial score (nSPS) is 11.6. The molecule has 4 rings (SSSR count). The van der Waals surface area contributed by atoms with E-state index >= 15 is 0 Å². The van der Waals surface area contributed by atoms with Crippen molar-refractivity contribution in [1.82, 2.24) is 19.8 Å². The van der Waals surface area contributed by atoms with Crippen molar-refractivity contribution in [3.05, 3.63) is 92.0 Å². The van der Waals surface area contributed by atoms with Crippen LogP contribution in [-0.4, -0.2) is 41.6 Å². The number of H-pyrrole nitrogens is 1. The molecule has 2 heterocycles. The number of halogens is 1. The van der Waals surface area contributed by atoms with E-state index in [0.29, 0.717) is 21.5 Å². The van der Waals surface area contributed by atoms with Crippen molar-refractivity contribution in [2.75, 3.05) is 21.2 Å². The van der Waals surface area contributed by atoms with Crippen molar-refractivity contribution in [3.8, 4) is 11.1 Å². The quantitative estimate of drug-likeness (QED) is 0.290. The van der Waals surface area contributed by atoms with Crippen LogP contribution in [0.1, 0.15) is 52.6 Å². The zero-order valence-electron chi connectivity index (χ0n) is 22.8. The molecular weight excluding hydrogens is 500 g/mol. The molecule has 2 aromatic heterocycles. The van der Waals surface area contributed by atoms with Crippen LogP contribution in [0.25, 0.3) is 22.0 Å². The number of carbonyl (C=O) groups is 1. The molecule has 0 spiro atoms. The van der Waals surface area contributed by atoms with E-state index in [2.05, 4.69) is 63.9 Å². The molecular formula is C30H35ClN4O3. The lowest BCUT2D eigenvalue weighted by atomic mass is 9.98. The number of carbonyl (C=O) groups excluding carboxylic acids is 1. The molecule has 4 aromatic rings. The Hall–Kier alpha value is -3.39. The number of methoxy groups -OCH3 is 1. The fourth-order valence-corrected chi connectivity index (χ4v) is 5.11. The molecule has 8 heteroatoms. The molecule has 200 valence electrons. The van der Waals surface area contributed by atoms with Crippen LogP contribution in [0.2, 0.25) is 5.02 Å². The van der Waals surface area contributed by atoms with Gasteiger partial charge in [-0.15, -0.1) is 0 Å². The Morgan fingerprint density at radius 2 is 1.84 bits per heavy atom. The minimum Gasteiger partial charge on any atom is -0.380 e. The van der Waals surface area contributed by atoms with E-state index in [-0.39, 0.29) is 30.7 Å². The van der Waals surface area contributed by atoms with Crippen molar-refractivity contribution in [2.24, 2.45) is 0 Å². The van der Waals surface area contributed by atoms with Crippen molar-refractivity contribution < 1.29 is 9.53 Å². The summed E-state index contributed by atoms with van der Waals surface area (Å²) in [5.41, 5.74) is 6.21. The molecule has 0 aliphatic heterocycles. The van der Waals surface area contributed by atoms with Crippen LogP contribution in [0, 0.1) is 6.92 Å². The largest absolute Gasteiger partial charge is 0.380 e.